The number of unbranched alkanes of at least 4 members (excludes halogenated alkanes) is 9. The van der Waals surface area contributed by atoms with Gasteiger partial charge in [0.05, 0.1) is 12.6 Å². The summed E-state index contributed by atoms with van der Waals surface area (Å²) >= 11 is 0. The van der Waals surface area contributed by atoms with E-state index in [9.17, 15) is 19.5 Å². The van der Waals surface area contributed by atoms with Crippen molar-refractivity contribution in [3.63, 3.8) is 0 Å². The molecule has 0 aromatic rings. The summed E-state index contributed by atoms with van der Waals surface area (Å²) in [4.78, 5) is 39.3. The molecule has 1 aliphatic heterocycles. The molecule has 1 heterocycles. The fourth-order valence-corrected chi connectivity index (χ4v) is 5.77. The molecule has 7 heteroatoms. The number of hydrogen-bond acceptors (Lipinski definition) is 5. The molecule has 1 amide bonds. The lowest BCUT2D eigenvalue weighted by molar-refractivity contribution is -0.151. The molecule has 2 rings (SSSR count). The molecule has 34 heavy (non-hydrogen) atoms. The van der Waals surface area contributed by atoms with Gasteiger partial charge in [-0.2, -0.15) is 0 Å². The number of aliphatic carboxylic acids is 1. The average Bonchev–Trinajstić information content (AvgIpc) is 3.40. The second-order valence-corrected chi connectivity index (χ2v) is 10.3. The Balaban J connectivity index is 1.81. The summed E-state index contributed by atoms with van der Waals surface area (Å²) < 4.78 is 5.26. The van der Waals surface area contributed by atoms with E-state index in [1.165, 1.54) is 44.9 Å². The number of rotatable bonds is 17. The highest BCUT2D eigenvalue weighted by Gasteiger charge is 2.49. The van der Waals surface area contributed by atoms with Crippen molar-refractivity contribution in [2.24, 2.45) is 5.92 Å². The van der Waals surface area contributed by atoms with E-state index in [1.54, 1.807) is 18.7 Å². The van der Waals surface area contributed by atoms with Gasteiger partial charge in [-0.05, 0) is 45.4 Å². The van der Waals surface area contributed by atoms with Crippen LogP contribution in [-0.2, 0) is 19.1 Å². The van der Waals surface area contributed by atoms with Crippen molar-refractivity contribution in [3.05, 3.63) is 0 Å². The van der Waals surface area contributed by atoms with Crippen molar-refractivity contribution >= 4 is 17.8 Å². The maximum Gasteiger partial charge on any atom is 0.326 e. The van der Waals surface area contributed by atoms with Crippen molar-refractivity contribution in [1.29, 1.82) is 0 Å². The third kappa shape index (κ3) is 8.54. The molecule has 1 saturated heterocycles. The molecule has 196 valence electrons. The maximum absolute atomic E-state index is 13.3. The molecule has 7 nitrogen and oxygen atoms in total. The molecular formula is C27H48N2O5. The van der Waals surface area contributed by atoms with Crippen LogP contribution in [0.3, 0.4) is 0 Å². The molecule has 5 atom stereocenters. The van der Waals surface area contributed by atoms with E-state index < -0.39 is 24.1 Å². The number of ether oxygens (including phenoxy) is 1. The average molecular weight is 481 g/mol. The quantitative estimate of drug-likeness (QED) is 0.223. The Hall–Kier alpha value is -1.63. The van der Waals surface area contributed by atoms with Crippen LogP contribution in [0.4, 0.5) is 0 Å². The number of amides is 1. The molecule has 0 spiro atoms. The van der Waals surface area contributed by atoms with Crippen LogP contribution >= 0.6 is 0 Å². The zero-order valence-electron chi connectivity index (χ0n) is 21.7. The Labute approximate surface area is 206 Å². The van der Waals surface area contributed by atoms with E-state index in [1.807, 2.05) is 0 Å². The molecule has 0 aromatic heterocycles. The van der Waals surface area contributed by atoms with Crippen LogP contribution in [0.25, 0.3) is 0 Å². The number of carbonyl (C=O) groups is 3. The number of carboxylic acids is 1. The van der Waals surface area contributed by atoms with Crippen LogP contribution in [0.1, 0.15) is 117 Å². The van der Waals surface area contributed by atoms with E-state index in [2.05, 4.69) is 12.2 Å². The zero-order valence-corrected chi connectivity index (χ0v) is 21.7. The van der Waals surface area contributed by atoms with Crippen LogP contribution in [0.5, 0.6) is 0 Å². The molecule has 0 unspecified atom stereocenters. The smallest absolute Gasteiger partial charge is 0.326 e. The second kappa shape index (κ2) is 15.4. The van der Waals surface area contributed by atoms with Gasteiger partial charge >= 0.3 is 11.9 Å². The SMILES string of the molecule is CCCCCCCCCCCC[C@H](N[C@@H](C)C(=O)N1[C@H](C(=O)O)C[C@@H]2CCC[C@@H]21)C(=O)OCC. The molecule has 2 N–H and O–H groups in total. The number of esters is 1. The summed E-state index contributed by atoms with van der Waals surface area (Å²) in [5, 5.41) is 12.9. The van der Waals surface area contributed by atoms with Crippen molar-refractivity contribution in [2.45, 2.75) is 141 Å². The number of fused-ring (bicyclic) bond motifs is 1. The highest BCUT2D eigenvalue weighted by molar-refractivity contribution is 5.88. The van der Waals surface area contributed by atoms with E-state index >= 15 is 0 Å². The van der Waals surface area contributed by atoms with Crippen LogP contribution in [0.15, 0.2) is 0 Å². The molecule has 0 radical (unpaired) electrons. The Morgan fingerprint density at radius 2 is 1.59 bits per heavy atom. The Bertz CT molecular complexity index is 641. The third-order valence-corrected chi connectivity index (χ3v) is 7.62. The second-order valence-electron chi connectivity index (χ2n) is 10.3. The Kier molecular flexibility index (Phi) is 12.9. The van der Waals surface area contributed by atoms with Crippen molar-refractivity contribution in [2.75, 3.05) is 6.61 Å². The van der Waals surface area contributed by atoms with Gasteiger partial charge in [-0.25, -0.2) is 4.79 Å². The van der Waals surface area contributed by atoms with Gasteiger partial charge in [0.2, 0.25) is 5.91 Å². The monoisotopic (exact) mass is 480 g/mol. The summed E-state index contributed by atoms with van der Waals surface area (Å²) in [6.45, 7) is 6.06. The number of nitrogens with one attached hydrogen (secondary N) is 1. The third-order valence-electron chi connectivity index (χ3n) is 7.62. The highest BCUT2D eigenvalue weighted by atomic mass is 16.5. The van der Waals surface area contributed by atoms with Crippen molar-refractivity contribution < 1.29 is 24.2 Å². The lowest BCUT2D eigenvalue weighted by atomic mass is 10.0. The lowest BCUT2D eigenvalue weighted by Crippen LogP contribution is -2.55. The standard InChI is InChI=1S/C27H48N2O5/c1-4-6-7-8-9-10-11-12-13-14-17-22(27(33)34-5-2)28-20(3)25(30)29-23-18-15-16-21(23)19-24(29)26(31)32/h20-24,28H,4-19H2,1-3H3,(H,31,32)/t20-,21-,22-,23-,24-/m0/s1. The molecule has 2 aliphatic rings. The Morgan fingerprint density at radius 1 is 0.971 bits per heavy atom. The van der Waals surface area contributed by atoms with Crippen LogP contribution in [0.2, 0.25) is 0 Å². The molecule has 0 aromatic carbocycles. The molecule has 1 saturated carbocycles. The fraction of sp³-hybridized carbons (Fsp3) is 0.889. The van der Waals surface area contributed by atoms with Gasteiger partial charge < -0.3 is 14.7 Å². The largest absolute Gasteiger partial charge is 0.480 e. The van der Waals surface area contributed by atoms with Gasteiger partial charge in [0.1, 0.15) is 12.1 Å². The number of carbonyl (C=O) groups excluding carboxylic acids is 2. The van der Waals surface area contributed by atoms with Crippen LogP contribution in [0, 0.1) is 5.92 Å². The molecule has 0 bridgehead atoms. The molecule has 1 aliphatic carbocycles. The number of likely N-dealkylation sites (tertiary alicyclic amines) is 1. The first-order valence-corrected chi connectivity index (χ1v) is 13.9. The lowest BCUT2D eigenvalue weighted by Gasteiger charge is -2.31. The summed E-state index contributed by atoms with van der Waals surface area (Å²) in [6.07, 6.45) is 16.3. The first-order valence-electron chi connectivity index (χ1n) is 13.9. The van der Waals surface area contributed by atoms with E-state index in [-0.39, 0.29) is 23.8 Å². The highest BCUT2D eigenvalue weighted by Crippen LogP contribution is 2.41. The summed E-state index contributed by atoms with van der Waals surface area (Å²) in [5.74, 6) is -1.18. The molecular weight excluding hydrogens is 432 g/mol. The van der Waals surface area contributed by atoms with E-state index in [0.717, 1.165) is 38.5 Å². The predicted molar refractivity (Wildman–Crippen MR) is 133 cm³/mol. The number of carboxylic acid groups (broad SMARTS) is 1. The number of nitrogens with zero attached hydrogens (tertiary/aromatic N) is 1. The molecule has 2 fully saturated rings. The van der Waals surface area contributed by atoms with Crippen molar-refractivity contribution in [1.82, 2.24) is 10.2 Å². The summed E-state index contributed by atoms with van der Waals surface area (Å²) in [6, 6.07) is -1.91. The zero-order chi connectivity index (χ0) is 24.9. The summed E-state index contributed by atoms with van der Waals surface area (Å²) in [5.41, 5.74) is 0. The predicted octanol–water partition coefficient (Wildman–Crippen LogP) is 5.06. The van der Waals surface area contributed by atoms with E-state index in [4.69, 9.17) is 4.74 Å². The van der Waals surface area contributed by atoms with Gasteiger partial charge in [-0.1, -0.05) is 77.6 Å². The van der Waals surface area contributed by atoms with Crippen LogP contribution in [-0.4, -0.2) is 58.6 Å². The first-order chi connectivity index (χ1) is 16.4. The topological polar surface area (TPSA) is 95.9 Å². The summed E-state index contributed by atoms with van der Waals surface area (Å²) in [7, 11) is 0. The number of hydrogen-bond donors (Lipinski definition) is 2. The Morgan fingerprint density at radius 3 is 2.18 bits per heavy atom. The fourth-order valence-electron chi connectivity index (χ4n) is 5.77. The maximum atomic E-state index is 13.3. The minimum atomic E-state index is -0.928. The van der Waals surface area contributed by atoms with Crippen molar-refractivity contribution in [3.8, 4) is 0 Å². The first kappa shape index (κ1) is 28.6. The van der Waals surface area contributed by atoms with Gasteiger partial charge in [-0.3, -0.25) is 14.9 Å². The normalized spacial score (nSPS) is 23.5. The minimum absolute atomic E-state index is 0.0147. The van der Waals surface area contributed by atoms with Gasteiger partial charge in [0.25, 0.3) is 0 Å². The van der Waals surface area contributed by atoms with Gasteiger partial charge in [0, 0.05) is 6.04 Å². The van der Waals surface area contributed by atoms with Gasteiger partial charge in [-0.15, -0.1) is 0 Å². The van der Waals surface area contributed by atoms with E-state index in [0.29, 0.717) is 19.4 Å². The minimum Gasteiger partial charge on any atom is -0.480 e. The van der Waals surface area contributed by atoms with Gasteiger partial charge in [0.15, 0.2) is 0 Å². The van der Waals surface area contributed by atoms with Crippen LogP contribution < -0.4 is 5.32 Å².